The van der Waals surface area contributed by atoms with Gasteiger partial charge in [0.25, 0.3) is 0 Å². The van der Waals surface area contributed by atoms with Crippen molar-refractivity contribution in [1.82, 2.24) is 0 Å². The van der Waals surface area contributed by atoms with Crippen LogP contribution >= 0.6 is 27.5 Å². The summed E-state index contributed by atoms with van der Waals surface area (Å²) in [5.74, 6) is 0.706. The fourth-order valence-corrected chi connectivity index (χ4v) is 3.21. The number of nitrogens with zero attached hydrogens (tertiary/aromatic N) is 2. The summed E-state index contributed by atoms with van der Waals surface area (Å²) in [5.41, 5.74) is 3.58. The van der Waals surface area contributed by atoms with Crippen LogP contribution in [0.2, 0.25) is 5.02 Å². The average molecular weight is 450 g/mol. The van der Waals surface area contributed by atoms with Gasteiger partial charge in [-0.05, 0) is 75.1 Å². The van der Waals surface area contributed by atoms with Crippen molar-refractivity contribution in [1.29, 1.82) is 10.5 Å². The number of ether oxygens (including phenoxy) is 1. The summed E-state index contributed by atoms with van der Waals surface area (Å²) in [7, 11) is 0. The molecule has 0 N–H and O–H groups in total. The normalized spacial score (nSPS) is 10.8. The van der Waals surface area contributed by atoms with Gasteiger partial charge < -0.3 is 4.74 Å². The summed E-state index contributed by atoms with van der Waals surface area (Å²) in [5, 5.41) is 19.2. The third kappa shape index (κ3) is 5.02. The van der Waals surface area contributed by atoms with Gasteiger partial charge in [-0.15, -0.1) is 0 Å². The van der Waals surface area contributed by atoms with E-state index >= 15 is 0 Å². The summed E-state index contributed by atoms with van der Waals surface area (Å²) < 4.78 is 6.64. The van der Waals surface area contributed by atoms with Gasteiger partial charge in [0.05, 0.1) is 27.7 Å². The first-order valence-electron chi connectivity index (χ1n) is 8.38. The fourth-order valence-electron chi connectivity index (χ4n) is 2.57. The van der Waals surface area contributed by atoms with Crippen LogP contribution in [-0.4, -0.2) is 0 Å². The molecule has 5 heteroatoms. The molecule has 3 nitrogen and oxygen atoms in total. The Morgan fingerprint density at radius 1 is 1.04 bits per heavy atom. The van der Waals surface area contributed by atoms with Crippen molar-refractivity contribution in [2.24, 2.45) is 0 Å². The van der Waals surface area contributed by atoms with E-state index in [1.54, 1.807) is 24.3 Å². The molecule has 0 heterocycles. The van der Waals surface area contributed by atoms with Crippen LogP contribution in [0.15, 0.2) is 71.2 Å². The molecule has 0 radical (unpaired) electrons. The molecule has 0 atom stereocenters. The van der Waals surface area contributed by atoms with Crippen molar-refractivity contribution in [3.8, 4) is 17.9 Å². The van der Waals surface area contributed by atoms with Gasteiger partial charge in [0.1, 0.15) is 12.4 Å². The van der Waals surface area contributed by atoms with Gasteiger partial charge in [0.15, 0.2) is 0 Å². The molecule has 0 aliphatic rings. The van der Waals surface area contributed by atoms with E-state index in [0.717, 1.165) is 15.6 Å². The van der Waals surface area contributed by atoms with E-state index in [2.05, 4.69) is 28.1 Å². The van der Waals surface area contributed by atoms with Crippen LogP contribution in [0.3, 0.4) is 0 Å². The van der Waals surface area contributed by atoms with E-state index in [4.69, 9.17) is 21.6 Å². The van der Waals surface area contributed by atoms with Crippen LogP contribution in [0.25, 0.3) is 11.6 Å². The van der Waals surface area contributed by atoms with Crippen LogP contribution in [-0.2, 0) is 6.61 Å². The number of benzene rings is 3. The molecule has 3 aromatic carbocycles. The summed E-state index contributed by atoms with van der Waals surface area (Å²) in [6.45, 7) is 0.426. The maximum Gasteiger partial charge on any atom is 0.134 e. The first-order valence-corrected chi connectivity index (χ1v) is 9.55. The molecule has 0 spiro atoms. The molecule has 0 unspecified atom stereocenters. The Hall–Kier alpha value is -3.05. The third-order valence-corrected chi connectivity index (χ3v) is 4.87. The lowest BCUT2D eigenvalue weighted by Gasteiger charge is -2.09. The van der Waals surface area contributed by atoms with Gasteiger partial charge in [0.2, 0.25) is 0 Å². The monoisotopic (exact) mass is 448 g/mol. The van der Waals surface area contributed by atoms with Gasteiger partial charge >= 0.3 is 0 Å². The lowest BCUT2D eigenvalue weighted by molar-refractivity contribution is 0.304. The van der Waals surface area contributed by atoms with Crippen molar-refractivity contribution in [3.63, 3.8) is 0 Å². The zero-order valence-electron chi connectivity index (χ0n) is 14.7. The van der Waals surface area contributed by atoms with E-state index in [1.807, 2.05) is 48.5 Å². The topological polar surface area (TPSA) is 56.8 Å². The molecule has 136 valence electrons. The molecular formula is C23H14BrClN2O. The van der Waals surface area contributed by atoms with E-state index in [-0.39, 0.29) is 0 Å². The summed E-state index contributed by atoms with van der Waals surface area (Å²) in [4.78, 5) is 0. The zero-order valence-corrected chi connectivity index (χ0v) is 17.0. The minimum absolute atomic E-state index is 0.426. The zero-order chi connectivity index (χ0) is 19.9. The van der Waals surface area contributed by atoms with Crippen LogP contribution in [0.4, 0.5) is 0 Å². The summed E-state index contributed by atoms with van der Waals surface area (Å²) >= 11 is 9.42. The minimum Gasteiger partial charge on any atom is -0.488 e. The van der Waals surface area contributed by atoms with Gasteiger partial charge in [0, 0.05) is 5.02 Å². The van der Waals surface area contributed by atoms with Gasteiger partial charge in [-0.3, -0.25) is 0 Å². The Kier molecular flexibility index (Phi) is 6.50. The Morgan fingerprint density at radius 2 is 1.82 bits per heavy atom. The average Bonchev–Trinajstić information content (AvgIpc) is 2.72. The lowest BCUT2D eigenvalue weighted by atomic mass is 10.0. The molecule has 0 saturated heterocycles. The number of allylic oxidation sites excluding steroid dienone is 1. The van der Waals surface area contributed by atoms with E-state index < -0.39 is 0 Å². The lowest BCUT2D eigenvalue weighted by Crippen LogP contribution is -1.96. The van der Waals surface area contributed by atoms with Crippen molar-refractivity contribution in [3.05, 3.63) is 98.5 Å². The van der Waals surface area contributed by atoms with E-state index in [9.17, 15) is 5.26 Å². The molecule has 0 amide bonds. The predicted octanol–water partition coefficient (Wildman–Crippen LogP) is 6.62. The Bertz CT molecular complexity index is 1110. The number of rotatable bonds is 5. The molecular weight excluding hydrogens is 436 g/mol. The van der Waals surface area contributed by atoms with Crippen molar-refractivity contribution in [2.45, 2.75) is 6.61 Å². The highest BCUT2D eigenvalue weighted by molar-refractivity contribution is 9.10. The van der Waals surface area contributed by atoms with Crippen LogP contribution in [0.1, 0.15) is 22.3 Å². The summed E-state index contributed by atoms with van der Waals surface area (Å²) in [6, 6.07) is 24.4. The maximum absolute atomic E-state index is 9.51. The van der Waals surface area contributed by atoms with Crippen molar-refractivity contribution >= 4 is 39.2 Å². The van der Waals surface area contributed by atoms with Crippen molar-refractivity contribution < 1.29 is 4.74 Å². The number of hydrogen-bond donors (Lipinski definition) is 0. The Morgan fingerprint density at radius 3 is 2.50 bits per heavy atom. The third-order valence-electron chi connectivity index (χ3n) is 4.00. The smallest absolute Gasteiger partial charge is 0.134 e. The van der Waals surface area contributed by atoms with Crippen LogP contribution < -0.4 is 4.74 Å². The second-order valence-corrected chi connectivity index (χ2v) is 7.26. The van der Waals surface area contributed by atoms with Gasteiger partial charge in [-0.2, -0.15) is 10.5 Å². The second kappa shape index (κ2) is 9.24. The molecule has 0 saturated carbocycles. The summed E-state index contributed by atoms with van der Waals surface area (Å²) in [6.07, 6.45) is 1.78. The van der Waals surface area contributed by atoms with Crippen LogP contribution in [0.5, 0.6) is 5.75 Å². The molecule has 3 rings (SSSR count). The number of halogens is 2. The predicted molar refractivity (Wildman–Crippen MR) is 115 cm³/mol. The Labute approximate surface area is 177 Å². The van der Waals surface area contributed by atoms with Gasteiger partial charge in [-0.25, -0.2) is 0 Å². The molecule has 0 aliphatic carbocycles. The first kappa shape index (κ1) is 19.7. The van der Waals surface area contributed by atoms with Crippen molar-refractivity contribution in [2.75, 3.05) is 0 Å². The SMILES string of the molecule is N#C/C(=C/c1ccc(OCc2ccc(Cl)cc2)c(Br)c1)c1cccc(C#N)c1. The van der Waals surface area contributed by atoms with Gasteiger partial charge in [-0.1, -0.05) is 41.9 Å². The number of nitriles is 2. The largest absolute Gasteiger partial charge is 0.488 e. The van der Waals surface area contributed by atoms with E-state index in [0.29, 0.717) is 34.1 Å². The quantitative estimate of drug-likeness (QED) is 0.325. The molecule has 28 heavy (non-hydrogen) atoms. The van der Waals surface area contributed by atoms with Crippen LogP contribution in [0, 0.1) is 22.7 Å². The number of hydrogen-bond acceptors (Lipinski definition) is 3. The highest BCUT2D eigenvalue weighted by Gasteiger charge is 2.06. The second-order valence-electron chi connectivity index (χ2n) is 5.97. The molecule has 0 aliphatic heterocycles. The van der Waals surface area contributed by atoms with E-state index in [1.165, 1.54) is 0 Å². The molecule has 0 bridgehead atoms. The highest BCUT2D eigenvalue weighted by Crippen LogP contribution is 2.29. The molecule has 0 aromatic heterocycles. The Balaban J connectivity index is 1.78. The minimum atomic E-state index is 0.426. The molecule has 3 aromatic rings. The highest BCUT2D eigenvalue weighted by atomic mass is 79.9. The first-order chi connectivity index (χ1) is 13.6. The fraction of sp³-hybridized carbons (Fsp3) is 0.0435. The molecule has 0 fully saturated rings. The maximum atomic E-state index is 9.51. The standard InChI is InChI=1S/C23H14BrClN2O/c24-22-12-17(10-20(14-27)19-3-1-2-18(11-19)13-26)6-9-23(22)28-15-16-4-7-21(25)8-5-16/h1-12H,15H2/b20-10-.